The van der Waals surface area contributed by atoms with E-state index in [0.29, 0.717) is 0 Å². The summed E-state index contributed by atoms with van der Waals surface area (Å²) in [7, 11) is 0. The molecule has 0 heterocycles. The topological polar surface area (TPSA) is 40.5 Å². The van der Waals surface area contributed by atoms with Gasteiger partial charge in [0.1, 0.15) is 0 Å². The van der Waals surface area contributed by atoms with Gasteiger partial charge in [0.2, 0.25) is 0 Å². The van der Waals surface area contributed by atoms with Crippen molar-refractivity contribution < 1.29 is 10.5 Å². The molecule has 3 heteroatoms. The monoisotopic (exact) mass is 172 g/mol. The van der Waals surface area contributed by atoms with Crippen LogP contribution in [0.1, 0.15) is 5.56 Å². The summed E-state index contributed by atoms with van der Waals surface area (Å²) in [5.74, 6) is 0. The quantitative estimate of drug-likeness (QED) is 0.389. The first kappa shape index (κ1) is 10.5. The third-order valence-corrected chi connectivity index (χ3v) is 2.00. The van der Waals surface area contributed by atoms with Crippen LogP contribution >= 0.6 is 11.8 Å². The van der Waals surface area contributed by atoms with E-state index in [0.717, 1.165) is 0 Å². The first-order valence-corrected chi connectivity index (χ1v) is 4.36. The summed E-state index contributed by atoms with van der Waals surface area (Å²) in [5.41, 5.74) is 1.33. The summed E-state index contributed by atoms with van der Waals surface area (Å²) in [6.07, 6.45) is 2.09. The summed E-state index contributed by atoms with van der Waals surface area (Å²) in [4.78, 5) is 1.33. The highest BCUT2D eigenvalue weighted by Crippen LogP contribution is 2.13. The minimum Gasteiger partial charge on any atom is -0.255 e. The van der Waals surface area contributed by atoms with Crippen molar-refractivity contribution in [1.29, 1.82) is 0 Å². The SMILES string of the molecule is CSc1ccc(C)cc1.OO. The van der Waals surface area contributed by atoms with Crippen molar-refractivity contribution in [2.45, 2.75) is 11.8 Å². The molecule has 0 fully saturated rings. The van der Waals surface area contributed by atoms with Gasteiger partial charge >= 0.3 is 0 Å². The third-order valence-electron chi connectivity index (χ3n) is 1.26. The number of hydrogen-bond acceptors (Lipinski definition) is 3. The zero-order chi connectivity index (χ0) is 8.69. The molecule has 0 amide bonds. The lowest BCUT2D eigenvalue weighted by atomic mass is 10.2. The van der Waals surface area contributed by atoms with Gasteiger partial charge in [-0.25, -0.2) is 0 Å². The van der Waals surface area contributed by atoms with Gasteiger partial charge in [0.15, 0.2) is 0 Å². The van der Waals surface area contributed by atoms with Crippen molar-refractivity contribution >= 4 is 11.8 Å². The zero-order valence-electron chi connectivity index (χ0n) is 6.61. The molecule has 0 aliphatic carbocycles. The molecular weight excluding hydrogens is 160 g/mol. The Hall–Kier alpha value is -0.510. The second-order valence-electron chi connectivity index (χ2n) is 2.02. The van der Waals surface area contributed by atoms with Crippen LogP contribution in [-0.2, 0) is 0 Å². The maximum Gasteiger partial charge on any atom is 0.00693 e. The van der Waals surface area contributed by atoms with E-state index in [2.05, 4.69) is 37.4 Å². The molecule has 62 valence electrons. The molecule has 1 aromatic carbocycles. The molecule has 11 heavy (non-hydrogen) atoms. The van der Waals surface area contributed by atoms with E-state index in [1.807, 2.05) is 0 Å². The van der Waals surface area contributed by atoms with Gasteiger partial charge in [-0.15, -0.1) is 11.8 Å². The van der Waals surface area contributed by atoms with Gasteiger partial charge in [-0.3, -0.25) is 10.5 Å². The molecule has 0 saturated heterocycles. The maximum absolute atomic E-state index is 6.00. The van der Waals surface area contributed by atoms with Crippen molar-refractivity contribution in [3.05, 3.63) is 29.8 Å². The van der Waals surface area contributed by atoms with Crippen LogP contribution in [0, 0.1) is 6.92 Å². The van der Waals surface area contributed by atoms with Crippen LogP contribution in [0.2, 0.25) is 0 Å². The number of aryl methyl sites for hydroxylation is 1. The third kappa shape index (κ3) is 4.03. The van der Waals surface area contributed by atoms with Crippen molar-refractivity contribution in [3.63, 3.8) is 0 Å². The molecule has 0 spiro atoms. The van der Waals surface area contributed by atoms with Crippen LogP contribution in [-0.4, -0.2) is 16.8 Å². The Morgan fingerprint density at radius 3 is 1.91 bits per heavy atom. The fourth-order valence-corrected chi connectivity index (χ4v) is 1.08. The van der Waals surface area contributed by atoms with Crippen molar-refractivity contribution in [1.82, 2.24) is 0 Å². The highest BCUT2D eigenvalue weighted by atomic mass is 32.2. The van der Waals surface area contributed by atoms with Crippen molar-refractivity contribution in [2.24, 2.45) is 0 Å². The number of rotatable bonds is 1. The van der Waals surface area contributed by atoms with E-state index in [9.17, 15) is 0 Å². The molecule has 0 radical (unpaired) electrons. The first-order chi connectivity index (χ1) is 5.33. The fraction of sp³-hybridized carbons (Fsp3) is 0.250. The Kier molecular flexibility index (Phi) is 5.93. The molecule has 0 aliphatic rings. The predicted molar refractivity (Wildman–Crippen MR) is 48.2 cm³/mol. The average Bonchev–Trinajstić information content (AvgIpc) is 2.10. The molecule has 0 bridgehead atoms. The lowest BCUT2D eigenvalue weighted by Gasteiger charge is -1.93. The maximum atomic E-state index is 6.00. The van der Waals surface area contributed by atoms with Gasteiger partial charge in [-0.2, -0.15) is 0 Å². The van der Waals surface area contributed by atoms with Gasteiger partial charge in [0.25, 0.3) is 0 Å². The Balaban J connectivity index is 0.000000461. The van der Waals surface area contributed by atoms with Gasteiger partial charge in [-0.05, 0) is 25.3 Å². The Bertz CT molecular complexity index is 184. The molecule has 0 unspecified atom stereocenters. The normalized spacial score (nSPS) is 8.36. The molecule has 2 nitrogen and oxygen atoms in total. The molecule has 0 aromatic heterocycles. The molecule has 0 atom stereocenters. The average molecular weight is 172 g/mol. The van der Waals surface area contributed by atoms with Crippen LogP contribution < -0.4 is 0 Å². The van der Waals surface area contributed by atoms with Gasteiger partial charge < -0.3 is 0 Å². The van der Waals surface area contributed by atoms with Crippen LogP contribution in [0.3, 0.4) is 0 Å². The molecule has 1 aromatic rings. The highest BCUT2D eigenvalue weighted by Gasteiger charge is 1.85. The molecular formula is C8H12O2S. The fourth-order valence-electron chi connectivity index (χ4n) is 0.674. The smallest absolute Gasteiger partial charge is 0.00693 e. The largest absolute Gasteiger partial charge is 0.255 e. The molecule has 1 rings (SSSR count). The number of thioether (sulfide) groups is 1. The Labute approximate surface area is 70.8 Å². The summed E-state index contributed by atoms with van der Waals surface area (Å²) in [5, 5.41) is 12.0. The standard InChI is InChI=1S/C8H10S.H2O2/c1-7-3-5-8(9-2)6-4-7;1-2/h3-6H,1-2H3;1-2H. The van der Waals surface area contributed by atoms with Crippen LogP contribution in [0.15, 0.2) is 29.2 Å². The van der Waals surface area contributed by atoms with Crippen molar-refractivity contribution in [2.75, 3.05) is 6.26 Å². The van der Waals surface area contributed by atoms with E-state index in [4.69, 9.17) is 10.5 Å². The summed E-state index contributed by atoms with van der Waals surface area (Å²) < 4.78 is 0. The van der Waals surface area contributed by atoms with E-state index < -0.39 is 0 Å². The van der Waals surface area contributed by atoms with E-state index in [-0.39, 0.29) is 0 Å². The summed E-state index contributed by atoms with van der Waals surface area (Å²) >= 11 is 1.78. The van der Waals surface area contributed by atoms with Crippen LogP contribution in [0.4, 0.5) is 0 Å². The minimum atomic E-state index is 1.33. The Morgan fingerprint density at radius 2 is 1.55 bits per heavy atom. The van der Waals surface area contributed by atoms with E-state index >= 15 is 0 Å². The highest BCUT2D eigenvalue weighted by molar-refractivity contribution is 7.98. The number of hydrogen-bond donors (Lipinski definition) is 2. The van der Waals surface area contributed by atoms with E-state index in [1.165, 1.54) is 10.5 Å². The molecule has 0 saturated carbocycles. The first-order valence-electron chi connectivity index (χ1n) is 3.13. The number of benzene rings is 1. The van der Waals surface area contributed by atoms with Crippen LogP contribution in [0.5, 0.6) is 0 Å². The van der Waals surface area contributed by atoms with E-state index in [1.54, 1.807) is 11.8 Å². The molecule has 2 N–H and O–H groups in total. The minimum absolute atomic E-state index is 1.33. The van der Waals surface area contributed by atoms with Crippen LogP contribution in [0.25, 0.3) is 0 Å². The van der Waals surface area contributed by atoms with Gasteiger partial charge in [0, 0.05) is 4.90 Å². The lowest BCUT2D eigenvalue weighted by molar-refractivity contribution is -0.176. The summed E-state index contributed by atoms with van der Waals surface area (Å²) in [6.45, 7) is 2.10. The van der Waals surface area contributed by atoms with Crippen molar-refractivity contribution in [3.8, 4) is 0 Å². The Morgan fingerprint density at radius 1 is 1.09 bits per heavy atom. The van der Waals surface area contributed by atoms with Gasteiger partial charge in [0.05, 0.1) is 0 Å². The van der Waals surface area contributed by atoms with Gasteiger partial charge in [-0.1, -0.05) is 17.7 Å². The predicted octanol–water partition coefficient (Wildman–Crippen LogP) is 2.73. The summed E-state index contributed by atoms with van der Waals surface area (Å²) in [6, 6.07) is 8.54. The lowest BCUT2D eigenvalue weighted by Crippen LogP contribution is -1.70. The zero-order valence-corrected chi connectivity index (χ0v) is 7.43. The second kappa shape index (κ2) is 6.22. The molecule has 0 aliphatic heterocycles. The second-order valence-corrected chi connectivity index (χ2v) is 2.90.